The van der Waals surface area contributed by atoms with Gasteiger partial charge in [0, 0.05) is 35.6 Å². The molecule has 0 bridgehead atoms. The van der Waals surface area contributed by atoms with E-state index >= 15 is 0 Å². The third-order valence-electron chi connectivity index (χ3n) is 4.73. The number of hydrogen-bond donors (Lipinski definition) is 2. The topological polar surface area (TPSA) is 66.5 Å². The normalized spacial score (nSPS) is 16.7. The van der Waals surface area contributed by atoms with Crippen LogP contribution in [0.15, 0.2) is 42.7 Å². The van der Waals surface area contributed by atoms with Crippen LogP contribution in [0, 0.1) is 0 Å². The van der Waals surface area contributed by atoms with Gasteiger partial charge in [-0.05, 0) is 24.8 Å². The molecule has 0 saturated carbocycles. The minimum atomic E-state index is -2.54. The molecule has 134 valence electrons. The van der Waals surface area contributed by atoms with Crippen LogP contribution >= 0.6 is 0 Å². The summed E-state index contributed by atoms with van der Waals surface area (Å²) in [6, 6.07) is 10.1. The average Bonchev–Trinajstić information content (AvgIpc) is 3.15. The molecule has 26 heavy (non-hydrogen) atoms. The molecule has 4 rings (SSSR count). The van der Waals surface area contributed by atoms with E-state index in [1.807, 2.05) is 36.5 Å². The van der Waals surface area contributed by atoms with Gasteiger partial charge in [-0.3, -0.25) is 5.10 Å². The molecule has 1 unspecified atom stereocenters. The molecule has 2 heterocycles. The summed E-state index contributed by atoms with van der Waals surface area (Å²) in [5.41, 5.74) is 3.62. The van der Waals surface area contributed by atoms with Crippen LogP contribution < -0.4 is 5.32 Å². The Morgan fingerprint density at radius 1 is 1.19 bits per heavy atom. The zero-order chi connectivity index (χ0) is 17.9. The van der Waals surface area contributed by atoms with Crippen LogP contribution in [-0.2, 0) is 19.4 Å². The Balaban J connectivity index is 1.43. The van der Waals surface area contributed by atoms with Gasteiger partial charge in [-0.25, -0.2) is 18.7 Å². The standard InChI is InChI=1S/C19H19F2N5/c20-18(21)17-14(11-24-26-17)10-22-15-6-7-16-13(8-15)9-23-19(25-16)12-4-2-1-3-5-12/h1-5,9,11,15,18,22H,6-8,10H2,(H,24,26). The summed E-state index contributed by atoms with van der Waals surface area (Å²) >= 11 is 0. The van der Waals surface area contributed by atoms with Gasteiger partial charge in [0.1, 0.15) is 5.69 Å². The van der Waals surface area contributed by atoms with Crippen LogP contribution in [0.1, 0.15) is 35.4 Å². The molecule has 0 aliphatic heterocycles. The summed E-state index contributed by atoms with van der Waals surface area (Å²) < 4.78 is 25.8. The van der Waals surface area contributed by atoms with E-state index in [9.17, 15) is 8.78 Å². The summed E-state index contributed by atoms with van der Waals surface area (Å²) in [6.07, 6.45) is 3.38. The van der Waals surface area contributed by atoms with E-state index in [1.165, 1.54) is 6.20 Å². The van der Waals surface area contributed by atoms with Gasteiger partial charge in [0.25, 0.3) is 6.43 Å². The molecule has 2 N–H and O–H groups in total. The van der Waals surface area contributed by atoms with Crippen LogP contribution in [0.25, 0.3) is 11.4 Å². The van der Waals surface area contributed by atoms with Crippen LogP contribution in [0.3, 0.4) is 0 Å². The van der Waals surface area contributed by atoms with Crippen LogP contribution in [0.4, 0.5) is 8.78 Å². The summed E-state index contributed by atoms with van der Waals surface area (Å²) in [5.74, 6) is 0.746. The van der Waals surface area contributed by atoms with E-state index in [1.54, 1.807) is 0 Å². The Morgan fingerprint density at radius 3 is 2.85 bits per heavy atom. The monoisotopic (exact) mass is 355 g/mol. The van der Waals surface area contributed by atoms with Crippen LogP contribution in [-0.4, -0.2) is 26.2 Å². The third kappa shape index (κ3) is 3.48. The van der Waals surface area contributed by atoms with E-state index in [0.717, 1.165) is 41.9 Å². The van der Waals surface area contributed by atoms with Crippen molar-refractivity contribution < 1.29 is 8.78 Å². The number of rotatable bonds is 5. The molecule has 0 saturated heterocycles. The van der Waals surface area contributed by atoms with Crippen LogP contribution in [0.2, 0.25) is 0 Å². The van der Waals surface area contributed by atoms with Gasteiger partial charge in [-0.2, -0.15) is 5.10 Å². The quantitative estimate of drug-likeness (QED) is 0.736. The highest BCUT2D eigenvalue weighted by atomic mass is 19.3. The molecule has 5 nitrogen and oxygen atoms in total. The summed E-state index contributed by atoms with van der Waals surface area (Å²) in [6.45, 7) is 0.374. The van der Waals surface area contributed by atoms with E-state index in [2.05, 4.69) is 20.5 Å². The molecule has 0 fully saturated rings. The molecule has 3 aromatic rings. The van der Waals surface area contributed by atoms with Crippen molar-refractivity contribution in [3.8, 4) is 11.4 Å². The van der Waals surface area contributed by atoms with Gasteiger partial charge in [-0.1, -0.05) is 30.3 Å². The summed E-state index contributed by atoms with van der Waals surface area (Å²) in [7, 11) is 0. The fraction of sp³-hybridized carbons (Fsp3) is 0.316. The molecule has 1 atom stereocenters. The van der Waals surface area contributed by atoms with Crippen molar-refractivity contribution in [2.45, 2.75) is 38.3 Å². The Kier molecular flexibility index (Phi) is 4.71. The maximum Gasteiger partial charge on any atom is 0.280 e. The minimum absolute atomic E-state index is 0.107. The van der Waals surface area contributed by atoms with Crippen LogP contribution in [0.5, 0.6) is 0 Å². The summed E-state index contributed by atoms with van der Waals surface area (Å²) in [4.78, 5) is 9.20. The first-order valence-corrected chi connectivity index (χ1v) is 8.64. The molecule has 2 aromatic heterocycles. The highest BCUT2D eigenvalue weighted by Gasteiger charge is 2.22. The SMILES string of the molecule is FC(F)c1[nH]ncc1CNC1CCc2nc(-c3ccccc3)ncc2C1. The number of nitrogens with one attached hydrogen (secondary N) is 2. The number of fused-ring (bicyclic) bond motifs is 1. The lowest BCUT2D eigenvalue weighted by Crippen LogP contribution is -2.34. The van der Waals surface area contributed by atoms with Gasteiger partial charge in [0.05, 0.1) is 6.20 Å². The number of benzene rings is 1. The van der Waals surface area contributed by atoms with Crippen molar-refractivity contribution >= 4 is 0 Å². The second-order valence-electron chi connectivity index (χ2n) is 6.46. The number of aromatic nitrogens is 4. The maximum absolute atomic E-state index is 12.9. The van der Waals surface area contributed by atoms with Gasteiger partial charge >= 0.3 is 0 Å². The highest BCUT2D eigenvalue weighted by molar-refractivity contribution is 5.54. The fourth-order valence-corrected chi connectivity index (χ4v) is 3.31. The summed E-state index contributed by atoms with van der Waals surface area (Å²) in [5, 5.41) is 9.44. The Bertz CT molecular complexity index is 879. The molecule has 0 amide bonds. The van der Waals surface area contributed by atoms with Gasteiger partial charge in [-0.15, -0.1) is 0 Å². The zero-order valence-corrected chi connectivity index (χ0v) is 14.1. The van der Waals surface area contributed by atoms with Crippen molar-refractivity contribution in [1.82, 2.24) is 25.5 Å². The fourth-order valence-electron chi connectivity index (χ4n) is 3.31. The van der Waals surface area contributed by atoms with Gasteiger partial charge < -0.3 is 5.32 Å². The predicted molar refractivity (Wildman–Crippen MR) is 93.7 cm³/mol. The molecule has 1 aromatic carbocycles. The largest absolute Gasteiger partial charge is 0.309 e. The maximum atomic E-state index is 12.9. The molecule has 0 radical (unpaired) electrons. The zero-order valence-electron chi connectivity index (χ0n) is 14.1. The molecule has 1 aliphatic rings. The first-order chi connectivity index (χ1) is 12.7. The number of aryl methyl sites for hydroxylation is 1. The lowest BCUT2D eigenvalue weighted by molar-refractivity contribution is 0.144. The third-order valence-corrected chi connectivity index (χ3v) is 4.73. The second-order valence-corrected chi connectivity index (χ2v) is 6.46. The smallest absolute Gasteiger partial charge is 0.280 e. The minimum Gasteiger partial charge on any atom is -0.309 e. The highest BCUT2D eigenvalue weighted by Crippen LogP contribution is 2.24. The predicted octanol–water partition coefficient (Wildman–Crippen LogP) is 3.45. The number of halogens is 2. The van der Waals surface area contributed by atoms with E-state index < -0.39 is 6.43 Å². The number of hydrogen-bond acceptors (Lipinski definition) is 4. The Morgan fingerprint density at radius 2 is 2.04 bits per heavy atom. The van der Waals surface area contributed by atoms with Crippen molar-refractivity contribution in [3.05, 3.63) is 65.2 Å². The molecular formula is C19H19F2N5. The van der Waals surface area contributed by atoms with Crippen molar-refractivity contribution in [3.63, 3.8) is 0 Å². The number of aromatic amines is 1. The first-order valence-electron chi connectivity index (χ1n) is 8.64. The van der Waals surface area contributed by atoms with Crippen molar-refractivity contribution in [2.24, 2.45) is 0 Å². The van der Waals surface area contributed by atoms with E-state index in [-0.39, 0.29) is 11.7 Å². The molecular weight excluding hydrogens is 336 g/mol. The lowest BCUT2D eigenvalue weighted by Gasteiger charge is -2.25. The average molecular weight is 355 g/mol. The van der Waals surface area contributed by atoms with Gasteiger partial charge in [0.15, 0.2) is 5.82 Å². The Labute approximate surface area is 149 Å². The van der Waals surface area contributed by atoms with Gasteiger partial charge in [0.2, 0.25) is 0 Å². The molecule has 7 heteroatoms. The number of H-pyrrole nitrogens is 1. The van der Waals surface area contributed by atoms with Crippen molar-refractivity contribution in [1.29, 1.82) is 0 Å². The Hall–Kier alpha value is -2.67. The van der Waals surface area contributed by atoms with E-state index in [0.29, 0.717) is 12.1 Å². The molecule has 1 aliphatic carbocycles. The lowest BCUT2D eigenvalue weighted by atomic mass is 9.92. The number of alkyl halides is 2. The number of nitrogens with zero attached hydrogens (tertiary/aromatic N) is 3. The second kappa shape index (κ2) is 7.29. The van der Waals surface area contributed by atoms with E-state index in [4.69, 9.17) is 4.98 Å². The van der Waals surface area contributed by atoms with Crippen molar-refractivity contribution in [2.75, 3.05) is 0 Å². The first kappa shape index (κ1) is 16.8. The molecule has 0 spiro atoms.